The Morgan fingerprint density at radius 1 is 1.11 bits per heavy atom. The zero-order valence-corrected chi connectivity index (χ0v) is 16.3. The highest BCUT2D eigenvalue weighted by Crippen LogP contribution is 2.17. The molecule has 1 aromatic heterocycles. The summed E-state index contributed by atoms with van der Waals surface area (Å²) in [4.78, 5) is 28.5. The Hall–Kier alpha value is -2.19. The first-order valence-corrected chi connectivity index (χ1v) is 8.11. The molecule has 0 aliphatic carbocycles. The standard InChI is InChI=1S/C18H20N4O3.2ClH/c1-12-16(20-9-10-25-12)18(24)22-15-4-2-3-14(11-15)21-17(23)13-5-7-19-8-6-13;;/h2-8,11-12,16,20H,9-10H2,1H3,(H,21,23)(H,22,24);2*1H/t12-,16+;;/m1../s1. The number of halogens is 2. The van der Waals surface area contributed by atoms with E-state index >= 15 is 0 Å². The molecule has 1 aromatic carbocycles. The lowest BCUT2D eigenvalue weighted by Crippen LogP contribution is -2.53. The minimum Gasteiger partial charge on any atom is -0.375 e. The molecule has 2 atom stereocenters. The van der Waals surface area contributed by atoms with Crippen molar-refractivity contribution in [2.45, 2.75) is 19.1 Å². The van der Waals surface area contributed by atoms with Gasteiger partial charge in [-0.1, -0.05) is 6.07 Å². The number of carbonyl (C=O) groups excluding carboxylic acids is 2. The molecular weight excluding hydrogens is 391 g/mol. The van der Waals surface area contributed by atoms with Crippen LogP contribution in [0.2, 0.25) is 0 Å². The predicted molar refractivity (Wildman–Crippen MR) is 109 cm³/mol. The zero-order chi connectivity index (χ0) is 17.6. The van der Waals surface area contributed by atoms with Gasteiger partial charge in [-0.2, -0.15) is 0 Å². The topological polar surface area (TPSA) is 92.4 Å². The smallest absolute Gasteiger partial charge is 0.255 e. The van der Waals surface area contributed by atoms with E-state index in [2.05, 4.69) is 20.9 Å². The Morgan fingerprint density at radius 3 is 2.44 bits per heavy atom. The molecular formula is C18H22Cl2N4O3. The first kappa shape index (κ1) is 22.9. The highest BCUT2D eigenvalue weighted by molar-refractivity contribution is 6.04. The van der Waals surface area contributed by atoms with Crippen molar-refractivity contribution in [2.75, 3.05) is 23.8 Å². The third kappa shape index (κ3) is 6.18. The monoisotopic (exact) mass is 412 g/mol. The van der Waals surface area contributed by atoms with Crippen molar-refractivity contribution >= 4 is 48.0 Å². The number of morpholine rings is 1. The van der Waals surface area contributed by atoms with Crippen LogP contribution in [0.25, 0.3) is 0 Å². The molecule has 2 aromatic rings. The molecule has 0 spiro atoms. The molecule has 1 aliphatic heterocycles. The fourth-order valence-corrected chi connectivity index (χ4v) is 2.63. The van der Waals surface area contributed by atoms with Crippen LogP contribution in [0.4, 0.5) is 11.4 Å². The number of nitrogens with zero attached hydrogens (tertiary/aromatic N) is 1. The van der Waals surface area contributed by atoms with Crippen molar-refractivity contribution in [3.05, 3.63) is 54.4 Å². The second-order valence-corrected chi connectivity index (χ2v) is 5.77. The molecule has 2 heterocycles. The number of ether oxygens (including phenoxy) is 1. The summed E-state index contributed by atoms with van der Waals surface area (Å²) in [5, 5.41) is 8.80. The van der Waals surface area contributed by atoms with Crippen LogP contribution in [0.5, 0.6) is 0 Å². The summed E-state index contributed by atoms with van der Waals surface area (Å²) in [6.45, 7) is 3.10. The average molecular weight is 413 g/mol. The number of hydrogen-bond donors (Lipinski definition) is 3. The molecule has 27 heavy (non-hydrogen) atoms. The largest absolute Gasteiger partial charge is 0.375 e. The summed E-state index contributed by atoms with van der Waals surface area (Å²) in [5.41, 5.74) is 1.72. The van der Waals surface area contributed by atoms with E-state index in [0.717, 1.165) is 0 Å². The number of pyridine rings is 1. The number of nitrogens with one attached hydrogen (secondary N) is 3. The summed E-state index contributed by atoms with van der Waals surface area (Å²) < 4.78 is 5.49. The Balaban J connectivity index is 0.00000182. The Bertz CT molecular complexity index is 761. The quantitative estimate of drug-likeness (QED) is 0.717. The molecule has 0 bridgehead atoms. The van der Waals surface area contributed by atoms with E-state index in [4.69, 9.17) is 4.74 Å². The number of anilines is 2. The molecule has 146 valence electrons. The number of benzene rings is 1. The summed E-state index contributed by atoms with van der Waals surface area (Å²) in [7, 11) is 0. The van der Waals surface area contributed by atoms with Gasteiger partial charge in [-0.3, -0.25) is 14.6 Å². The fourth-order valence-electron chi connectivity index (χ4n) is 2.63. The maximum Gasteiger partial charge on any atom is 0.255 e. The van der Waals surface area contributed by atoms with Crippen LogP contribution in [0, 0.1) is 0 Å². The van der Waals surface area contributed by atoms with Crippen LogP contribution < -0.4 is 16.0 Å². The van der Waals surface area contributed by atoms with Gasteiger partial charge in [0, 0.05) is 35.9 Å². The molecule has 1 fully saturated rings. The molecule has 0 unspecified atom stereocenters. The maximum absolute atomic E-state index is 12.4. The minimum atomic E-state index is -0.399. The van der Waals surface area contributed by atoms with Gasteiger partial charge in [-0.05, 0) is 37.3 Å². The molecule has 1 aliphatic rings. The predicted octanol–water partition coefficient (Wildman–Crippen LogP) is 2.49. The van der Waals surface area contributed by atoms with Crippen LogP contribution in [-0.2, 0) is 9.53 Å². The zero-order valence-electron chi connectivity index (χ0n) is 14.7. The minimum absolute atomic E-state index is 0. The van der Waals surface area contributed by atoms with Gasteiger partial charge in [0.1, 0.15) is 6.04 Å². The van der Waals surface area contributed by atoms with Crippen LogP contribution in [-0.4, -0.2) is 42.1 Å². The molecule has 0 radical (unpaired) electrons. The molecule has 2 amide bonds. The molecule has 3 rings (SSSR count). The molecule has 0 saturated carbocycles. The first-order valence-electron chi connectivity index (χ1n) is 8.11. The van der Waals surface area contributed by atoms with Crippen LogP contribution in [0.3, 0.4) is 0 Å². The van der Waals surface area contributed by atoms with Gasteiger partial charge in [0.15, 0.2) is 0 Å². The van der Waals surface area contributed by atoms with E-state index in [1.54, 1.807) is 48.8 Å². The van der Waals surface area contributed by atoms with Crippen molar-refractivity contribution in [3.8, 4) is 0 Å². The number of aromatic nitrogens is 1. The maximum atomic E-state index is 12.4. The van der Waals surface area contributed by atoms with Gasteiger partial charge in [-0.15, -0.1) is 24.8 Å². The average Bonchev–Trinajstić information content (AvgIpc) is 2.63. The second kappa shape index (κ2) is 10.8. The van der Waals surface area contributed by atoms with Gasteiger partial charge < -0.3 is 20.7 Å². The second-order valence-electron chi connectivity index (χ2n) is 5.77. The Labute approximate surface area is 170 Å². The van der Waals surface area contributed by atoms with Crippen molar-refractivity contribution in [1.82, 2.24) is 10.3 Å². The molecule has 1 saturated heterocycles. The molecule has 3 N–H and O–H groups in total. The lowest BCUT2D eigenvalue weighted by atomic mass is 10.1. The number of carbonyl (C=O) groups is 2. The van der Waals surface area contributed by atoms with E-state index in [9.17, 15) is 9.59 Å². The van der Waals surface area contributed by atoms with Crippen molar-refractivity contribution in [3.63, 3.8) is 0 Å². The van der Waals surface area contributed by atoms with E-state index < -0.39 is 6.04 Å². The van der Waals surface area contributed by atoms with Gasteiger partial charge in [0.25, 0.3) is 5.91 Å². The normalized spacial score (nSPS) is 18.4. The van der Waals surface area contributed by atoms with Gasteiger partial charge in [-0.25, -0.2) is 0 Å². The molecule has 7 nitrogen and oxygen atoms in total. The van der Waals surface area contributed by atoms with Crippen LogP contribution in [0.15, 0.2) is 48.8 Å². The van der Waals surface area contributed by atoms with Gasteiger partial charge >= 0.3 is 0 Å². The van der Waals surface area contributed by atoms with Crippen molar-refractivity contribution in [1.29, 1.82) is 0 Å². The highest BCUT2D eigenvalue weighted by atomic mass is 35.5. The Kier molecular flexibility index (Phi) is 9.17. The third-order valence-electron chi connectivity index (χ3n) is 3.93. The number of hydrogen-bond acceptors (Lipinski definition) is 5. The summed E-state index contributed by atoms with van der Waals surface area (Å²) in [6, 6.07) is 9.89. The van der Waals surface area contributed by atoms with Crippen LogP contribution >= 0.6 is 24.8 Å². The lowest BCUT2D eigenvalue weighted by Gasteiger charge is -2.29. The summed E-state index contributed by atoms with van der Waals surface area (Å²) in [6.07, 6.45) is 2.93. The van der Waals surface area contributed by atoms with E-state index in [1.165, 1.54) is 0 Å². The van der Waals surface area contributed by atoms with E-state index in [-0.39, 0.29) is 42.7 Å². The number of amides is 2. The summed E-state index contributed by atoms with van der Waals surface area (Å²) >= 11 is 0. The van der Waals surface area contributed by atoms with Crippen molar-refractivity contribution < 1.29 is 14.3 Å². The Morgan fingerprint density at radius 2 is 1.78 bits per heavy atom. The first-order chi connectivity index (χ1) is 12.1. The van der Waals surface area contributed by atoms with Crippen molar-refractivity contribution in [2.24, 2.45) is 0 Å². The summed E-state index contributed by atoms with van der Waals surface area (Å²) in [5.74, 6) is -0.397. The van der Waals surface area contributed by atoms with Crippen LogP contribution in [0.1, 0.15) is 17.3 Å². The third-order valence-corrected chi connectivity index (χ3v) is 3.93. The van der Waals surface area contributed by atoms with E-state index in [1.807, 2.05) is 6.92 Å². The van der Waals surface area contributed by atoms with E-state index in [0.29, 0.717) is 30.1 Å². The lowest BCUT2D eigenvalue weighted by molar-refractivity contribution is -0.123. The number of rotatable bonds is 4. The highest BCUT2D eigenvalue weighted by Gasteiger charge is 2.28. The SMILES string of the molecule is C[C@H]1OCCN[C@@H]1C(=O)Nc1cccc(NC(=O)c2ccncc2)c1.Cl.Cl. The fraction of sp³-hybridized carbons (Fsp3) is 0.278. The van der Waals surface area contributed by atoms with Gasteiger partial charge in [0.2, 0.25) is 5.91 Å². The van der Waals surface area contributed by atoms with Gasteiger partial charge in [0.05, 0.1) is 12.7 Å². The molecule has 9 heteroatoms.